The smallest absolute Gasteiger partial charge is 0.323 e. The molecule has 0 aromatic carbocycles. The van der Waals surface area contributed by atoms with E-state index in [1.54, 1.807) is 11.0 Å². The van der Waals surface area contributed by atoms with Gasteiger partial charge < -0.3 is 9.64 Å². The van der Waals surface area contributed by atoms with Crippen molar-refractivity contribution in [3.05, 3.63) is 23.9 Å². The first kappa shape index (κ1) is 15.8. The molecule has 21 heavy (non-hydrogen) atoms. The Kier molecular flexibility index (Phi) is 5.56. The van der Waals surface area contributed by atoms with Gasteiger partial charge in [-0.25, -0.2) is 9.78 Å². The number of likely N-dealkylation sites (tertiary alicyclic amines) is 1. The van der Waals surface area contributed by atoms with Crippen LogP contribution in [0.4, 0.5) is 10.6 Å². The minimum Gasteiger partial charge on any atom is -0.376 e. The second-order valence-corrected chi connectivity index (χ2v) is 6.00. The lowest BCUT2D eigenvalue weighted by atomic mass is 10.1. The highest BCUT2D eigenvalue weighted by molar-refractivity contribution is 5.88. The van der Waals surface area contributed by atoms with Crippen molar-refractivity contribution in [1.29, 1.82) is 0 Å². The van der Waals surface area contributed by atoms with Crippen molar-refractivity contribution in [2.45, 2.75) is 39.7 Å². The lowest BCUT2D eigenvalue weighted by molar-refractivity contribution is 0.0547. The molecule has 1 fully saturated rings. The normalized spacial score (nSPS) is 18.3. The molecule has 1 aliphatic rings. The van der Waals surface area contributed by atoms with Crippen LogP contribution in [0.3, 0.4) is 0 Å². The molecule has 116 valence electrons. The number of nitrogens with one attached hydrogen (secondary N) is 1. The van der Waals surface area contributed by atoms with Gasteiger partial charge in [-0.05, 0) is 37.8 Å². The Morgan fingerprint density at radius 2 is 2.33 bits per heavy atom. The monoisotopic (exact) mass is 291 g/mol. The Morgan fingerprint density at radius 1 is 1.52 bits per heavy atom. The molecule has 0 saturated carbocycles. The number of urea groups is 1. The van der Waals surface area contributed by atoms with E-state index in [-0.39, 0.29) is 12.1 Å². The second-order valence-electron chi connectivity index (χ2n) is 6.00. The van der Waals surface area contributed by atoms with Gasteiger partial charge in [-0.2, -0.15) is 0 Å². The Labute approximate surface area is 126 Å². The van der Waals surface area contributed by atoms with Gasteiger partial charge in [0.25, 0.3) is 0 Å². The minimum absolute atomic E-state index is 0.0944. The summed E-state index contributed by atoms with van der Waals surface area (Å²) >= 11 is 0. The van der Waals surface area contributed by atoms with Crippen molar-refractivity contribution in [2.24, 2.45) is 5.92 Å². The first-order valence-corrected chi connectivity index (χ1v) is 7.66. The van der Waals surface area contributed by atoms with Gasteiger partial charge in [-0.1, -0.05) is 19.9 Å². The summed E-state index contributed by atoms with van der Waals surface area (Å²) in [5.74, 6) is 1.25. The van der Waals surface area contributed by atoms with Crippen LogP contribution in [0.2, 0.25) is 0 Å². The molecule has 1 atom stereocenters. The Bertz CT molecular complexity index is 476. The average molecular weight is 291 g/mol. The summed E-state index contributed by atoms with van der Waals surface area (Å²) in [5, 5.41) is 2.84. The molecule has 0 bridgehead atoms. The number of nitrogens with zero attached hydrogens (tertiary/aromatic N) is 2. The largest absolute Gasteiger partial charge is 0.376 e. The molecule has 1 aromatic rings. The van der Waals surface area contributed by atoms with E-state index in [2.05, 4.69) is 24.1 Å². The number of anilines is 1. The van der Waals surface area contributed by atoms with Gasteiger partial charge in [0, 0.05) is 25.4 Å². The quantitative estimate of drug-likeness (QED) is 0.907. The lowest BCUT2D eigenvalue weighted by Gasteiger charge is -2.17. The van der Waals surface area contributed by atoms with E-state index in [4.69, 9.17) is 4.74 Å². The number of amides is 2. The van der Waals surface area contributed by atoms with Crippen LogP contribution < -0.4 is 5.32 Å². The zero-order valence-corrected chi connectivity index (χ0v) is 13.1. The average Bonchev–Trinajstić information content (AvgIpc) is 2.87. The van der Waals surface area contributed by atoms with Crippen LogP contribution in [0, 0.1) is 12.8 Å². The van der Waals surface area contributed by atoms with Crippen molar-refractivity contribution in [2.75, 3.05) is 25.0 Å². The fourth-order valence-corrected chi connectivity index (χ4v) is 2.32. The highest BCUT2D eigenvalue weighted by Gasteiger charge is 2.26. The maximum atomic E-state index is 12.2. The lowest BCUT2D eigenvalue weighted by Crippen LogP contribution is -2.34. The fourth-order valence-electron chi connectivity index (χ4n) is 2.32. The maximum Gasteiger partial charge on any atom is 0.323 e. The number of hydrogen-bond acceptors (Lipinski definition) is 3. The van der Waals surface area contributed by atoms with Crippen molar-refractivity contribution in [1.82, 2.24) is 9.88 Å². The molecule has 0 spiro atoms. The third-order valence-corrected chi connectivity index (χ3v) is 3.60. The summed E-state index contributed by atoms with van der Waals surface area (Å²) in [5.41, 5.74) is 0.893. The number of hydrogen-bond donors (Lipinski definition) is 1. The molecule has 5 nitrogen and oxygen atoms in total. The highest BCUT2D eigenvalue weighted by Crippen LogP contribution is 2.15. The predicted molar refractivity (Wildman–Crippen MR) is 83.4 cm³/mol. The van der Waals surface area contributed by atoms with Gasteiger partial charge in [0.15, 0.2) is 0 Å². The maximum absolute atomic E-state index is 12.2. The first-order chi connectivity index (χ1) is 10.0. The second kappa shape index (κ2) is 7.41. The Morgan fingerprint density at radius 3 is 3.05 bits per heavy atom. The van der Waals surface area contributed by atoms with E-state index in [9.17, 15) is 4.79 Å². The highest BCUT2D eigenvalue weighted by atomic mass is 16.5. The van der Waals surface area contributed by atoms with E-state index in [1.165, 1.54) is 0 Å². The Hall–Kier alpha value is -1.62. The molecular formula is C16H25N3O2. The standard InChI is InChI=1S/C16H25N3O2/c1-12(2)8-10-21-14-7-9-19(11-14)16(20)18-15-6-4-5-13(3)17-15/h4-6,12,14H,7-11H2,1-3H3,(H,17,18,20)/t14-/m1/s1. The van der Waals surface area contributed by atoms with Crippen LogP contribution in [0.5, 0.6) is 0 Å². The summed E-state index contributed by atoms with van der Waals surface area (Å²) in [6.45, 7) is 8.46. The first-order valence-electron chi connectivity index (χ1n) is 7.66. The third-order valence-electron chi connectivity index (χ3n) is 3.60. The summed E-state index contributed by atoms with van der Waals surface area (Å²) in [6, 6.07) is 5.50. The number of carbonyl (C=O) groups is 1. The summed E-state index contributed by atoms with van der Waals surface area (Å²) < 4.78 is 5.83. The third kappa shape index (κ3) is 5.01. The molecular weight excluding hydrogens is 266 g/mol. The molecule has 1 saturated heterocycles. The molecule has 2 rings (SSSR count). The van der Waals surface area contributed by atoms with Crippen molar-refractivity contribution in [3.63, 3.8) is 0 Å². The van der Waals surface area contributed by atoms with E-state index in [1.807, 2.05) is 19.1 Å². The molecule has 5 heteroatoms. The van der Waals surface area contributed by atoms with Crippen molar-refractivity contribution < 1.29 is 9.53 Å². The molecule has 2 heterocycles. The van der Waals surface area contributed by atoms with E-state index in [0.29, 0.717) is 18.3 Å². The SMILES string of the molecule is Cc1cccc(NC(=O)N2CC[C@@H](OCCC(C)C)C2)n1. The zero-order valence-electron chi connectivity index (χ0n) is 13.1. The summed E-state index contributed by atoms with van der Waals surface area (Å²) in [4.78, 5) is 18.3. The molecule has 0 radical (unpaired) electrons. The predicted octanol–water partition coefficient (Wildman–Crippen LogP) is 3.06. The number of aromatic nitrogens is 1. The fraction of sp³-hybridized carbons (Fsp3) is 0.625. The molecule has 0 unspecified atom stereocenters. The summed E-state index contributed by atoms with van der Waals surface area (Å²) in [7, 11) is 0. The van der Waals surface area contributed by atoms with Crippen molar-refractivity contribution in [3.8, 4) is 0 Å². The van der Waals surface area contributed by atoms with Crippen LogP contribution >= 0.6 is 0 Å². The van der Waals surface area contributed by atoms with Crippen LogP contribution in [0.1, 0.15) is 32.4 Å². The summed E-state index contributed by atoms with van der Waals surface area (Å²) in [6.07, 6.45) is 2.14. The zero-order chi connectivity index (χ0) is 15.2. The van der Waals surface area contributed by atoms with E-state index < -0.39 is 0 Å². The molecule has 1 aromatic heterocycles. The molecule has 1 aliphatic heterocycles. The molecule has 1 N–H and O–H groups in total. The number of rotatable bonds is 5. The molecule has 0 aliphatic carbocycles. The van der Waals surface area contributed by atoms with Crippen LogP contribution in [-0.2, 0) is 4.74 Å². The van der Waals surface area contributed by atoms with Crippen LogP contribution in [0.15, 0.2) is 18.2 Å². The van der Waals surface area contributed by atoms with Gasteiger partial charge in [0.1, 0.15) is 5.82 Å². The minimum atomic E-state index is -0.0944. The van der Waals surface area contributed by atoms with Gasteiger partial charge in [-0.3, -0.25) is 5.32 Å². The number of carbonyl (C=O) groups excluding carboxylic acids is 1. The van der Waals surface area contributed by atoms with E-state index >= 15 is 0 Å². The topological polar surface area (TPSA) is 54.5 Å². The van der Waals surface area contributed by atoms with Gasteiger partial charge in [-0.15, -0.1) is 0 Å². The van der Waals surface area contributed by atoms with Gasteiger partial charge >= 0.3 is 6.03 Å². The Balaban J connectivity index is 1.77. The number of pyridine rings is 1. The van der Waals surface area contributed by atoms with E-state index in [0.717, 1.165) is 31.7 Å². The van der Waals surface area contributed by atoms with Crippen LogP contribution in [0.25, 0.3) is 0 Å². The van der Waals surface area contributed by atoms with Crippen LogP contribution in [-0.4, -0.2) is 41.7 Å². The van der Waals surface area contributed by atoms with Crippen molar-refractivity contribution >= 4 is 11.8 Å². The molecule has 2 amide bonds. The van der Waals surface area contributed by atoms with Gasteiger partial charge in [0.2, 0.25) is 0 Å². The van der Waals surface area contributed by atoms with Gasteiger partial charge in [0.05, 0.1) is 6.10 Å². The number of ether oxygens (including phenoxy) is 1. The number of aryl methyl sites for hydroxylation is 1.